The molecule has 26 heavy (non-hydrogen) atoms. The summed E-state index contributed by atoms with van der Waals surface area (Å²) < 4.78 is 0. The van der Waals surface area contributed by atoms with Gasteiger partial charge in [-0.1, -0.05) is 24.3 Å². The molecule has 0 unspecified atom stereocenters. The Labute approximate surface area is 150 Å². The van der Waals surface area contributed by atoms with Crippen LogP contribution in [0, 0.1) is 5.41 Å². The summed E-state index contributed by atoms with van der Waals surface area (Å²) in [6, 6.07) is 17.7. The predicted octanol–water partition coefficient (Wildman–Crippen LogP) is 2.28. The quantitative estimate of drug-likeness (QED) is 0.364. The van der Waals surface area contributed by atoms with E-state index in [2.05, 4.69) is 10.3 Å². The molecule has 3 rings (SSSR count). The fourth-order valence-corrected chi connectivity index (χ4v) is 2.56. The normalized spacial score (nSPS) is 10.3. The molecule has 3 aromatic rings. The topological polar surface area (TPSA) is 143 Å². The lowest BCUT2D eigenvalue weighted by molar-refractivity contribution is 0.102. The number of guanidine groups is 1. The van der Waals surface area contributed by atoms with Crippen molar-refractivity contribution in [2.45, 2.75) is 0 Å². The highest BCUT2D eigenvalue weighted by Crippen LogP contribution is 2.22. The van der Waals surface area contributed by atoms with Gasteiger partial charge in [0.15, 0.2) is 5.96 Å². The number of nitrogens with zero attached hydrogens (tertiary/aromatic N) is 1. The maximum atomic E-state index is 12.5. The lowest BCUT2D eigenvalue weighted by atomic mass is 10.1. The number of nitrogens with two attached hydrogens (primary N) is 3. The van der Waals surface area contributed by atoms with Gasteiger partial charge in [-0.05, 0) is 47.2 Å². The molecule has 7 nitrogen and oxygen atoms in total. The number of carbonyl (C=O) groups is 1. The number of amidine groups is 1. The van der Waals surface area contributed by atoms with Crippen LogP contribution in [0.1, 0.15) is 15.9 Å². The summed E-state index contributed by atoms with van der Waals surface area (Å²) in [4.78, 5) is 16.4. The van der Waals surface area contributed by atoms with E-state index >= 15 is 0 Å². The fourth-order valence-electron chi connectivity index (χ4n) is 2.56. The first-order valence-electron chi connectivity index (χ1n) is 7.81. The number of hydrogen-bond donors (Lipinski definition) is 5. The Morgan fingerprint density at radius 2 is 1.62 bits per heavy atom. The third-order valence-corrected chi connectivity index (χ3v) is 3.78. The van der Waals surface area contributed by atoms with Gasteiger partial charge in [0.05, 0.1) is 5.69 Å². The number of nitrogens with one attached hydrogen (secondary N) is 2. The van der Waals surface area contributed by atoms with Gasteiger partial charge in [0, 0.05) is 16.8 Å². The molecule has 0 saturated carbocycles. The zero-order valence-corrected chi connectivity index (χ0v) is 13.9. The van der Waals surface area contributed by atoms with Crippen molar-refractivity contribution < 1.29 is 4.79 Å². The highest BCUT2D eigenvalue weighted by atomic mass is 16.1. The van der Waals surface area contributed by atoms with Crippen molar-refractivity contribution in [2.24, 2.45) is 22.2 Å². The Hall–Kier alpha value is -3.87. The van der Waals surface area contributed by atoms with E-state index in [1.54, 1.807) is 36.4 Å². The summed E-state index contributed by atoms with van der Waals surface area (Å²) in [7, 11) is 0. The molecule has 0 aliphatic rings. The monoisotopic (exact) mass is 346 g/mol. The first kappa shape index (κ1) is 17.0. The molecule has 0 aliphatic carbocycles. The van der Waals surface area contributed by atoms with Crippen LogP contribution < -0.4 is 22.5 Å². The summed E-state index contributed by atoms with van der Waals surface area (Å²) in [6.45, 7) is 0. The van der Waals surface area contributed by atoms with Crippen molar-refractivity contribution in [3.8, 4) is 0 Å². The van der Waals surface area contributed by atoms with Crippen molar-refractivity contribution >= 4 is 39.8 Å². The molecule has 0 aromatic heterocycles. The summed E-state index contributed by atoms with van der Waals surface area (Å²) in [5.74, 6) is -0.315. The predicted molar refractivity (Wildman–Crippen MR) is 105 cm³/mol. The van der Waals surface area contributed by atoms with Crippen LogP contribution in [0.4, 0.5) is 11.4 Å². The summed E-state index contributed by atoms with van der Waals surface area (Å²) >= 11 is 0. The molecule has 0 fully saturated rings. The molecular formula is C19H18N6O. The second kappa shape index (κ2) is 6.94. The Bertz CT molecular complexity index is 1040. The van der Waals surface area contributed by atoms with Gasteiger partial charge in [-0.15, -0.1) is 0 Å². The Kier molecular flexibility index (Phi) is 4.53. The van der Waals surface area contributed by atoms with E-state index in [1.165, 1.54) is 0 Å². The van der Waals surface area contributed by atoms with Gasteiger partial charge in [0.25, 0.3) is 5.91 Å². The van der Waals surface area contributed by atoms with E-state index in [4.69, 9.17) is 22.6 Å². The van der Waals surface area contributed by atoms with E-state index in [1.807, 2.05) is 24.3 Å². The molecule has 3 aromatic carbocycles. The number of anilines is 1. The van der Waals surface area contributed by atoms with Gasteiger partial charge in [0.2, 0.25) is 0 Å². The SMILES string of the molecule is N=C(N)c1ccc2cc(NC(=O)c3cccc(N=C(N)N)c3)ccc2c1. The van der Waals surface area contributed by atoms with Crippen LogP contribution in [0.25, 0.3) is 10.8 Å². The van der Waals surface area contributed by atoms with Crippen molar-refractivity contribution in [1.82, 2.24) is 0 Å². The van der Waals surface area contributed by atoms with Crippen LogP contribution in [-0.4, -0.2) is 17.7 Å². The highest BCUT2D eigenvalue weighted by molar-refractivity contribution is 6.06. The van der Waals surface area contributed by atoms with Gasteiger partial charge >= 0.3 is 0 Å². The molecule has 0 aliphatic heterocycles. The number of rotatable bonds is 4. The number of fused-ring (bicyclic) bond motifs is 1. The van der Waals surface area contributed by atoms with E-state index in [9.17, 15) is 4.79 Å². The lowest BCUT2D eigenvalue weighted by Gasteiger charge is -2.08. The van der Waals surface area contributed by atoms with E-state index in [0.29, 0.717) is 22.5 Å². The van der Waals surface area contributed by atoms with Gasteiger partial charge in [-0.25, -0.2) is 4.99 Å². The van der Waals surface area contributed by atoms with Crippen molar-refractivity contribution in [2.75, 3.05) is 5.32 Å². The molecule has 7 heteroatoms. The largest absolute Gasteiger partial charge is 0.384 e. The molecule has 1 amide bonds. The number of hydrogen-bond acceptors (Lipinski definition) is 3. The van der Waals surface area contributed by atoms with Crippen LogP contribution >= 0.6 is 0 Å². The smallest absolute Gasteiger partial charge is 0.255 e. The fraction of sp³-hybridized carbons (Fsp3) is 0. The van der Waals surface area contributed by atoms with Crippen LogP contribution in [0.3, 0.4) is 0 Å². The van der Waals surface area contributed by atoms with Crippen molar-refractivity contribution in [3.63, 3.8) is 0 Å². The van der Waals surface area contributed by atoms with E-state index in [-0.39, 0.29) is 17.7 Å². The summed E-state index contributed by atoms with van der Waals surface area (Å²) in [5, 5.41) is 12.2. The second-order valence-corrected chi connectivity index (χ2v) is 5.73. The molecule has 0 saturated heterocycles. The number of benzene rings is 3. The van der Waals surface area contributed by atoms with Crippen LogP contribution in [0.2, 0.25) is 0 Å². The molecular weight excluding hydrogens is 328 g/mol. The standard InChI is InChI=1S/C19H18N6O/c20-17(21)13-5-4-12-9-16(7-6-11(12)8-13)24-18(26)14-2-1-3-15(10-14)25-19(22)23/h1-10H,(H3,20,21)(H,24,26)(H4,22,23,25). The van der Waals surface area contributed by atoms with E-state index < -0.39 is 0 Å². The minimum atomic E-state index is -0.266. The number of amides is 1. The first-order chi connectivity index (χ1) is 12.4. The lowest BCUT2D eigenvalue weighted by Crippen LogP contribution is -2.21. The van der Waals surface area contributed by atoms with Gasteiger partial charge in [-0.3, -0.25) is 10.2 Å². The van der Waals surface area contributed by atoms with Gasteiger partial charge in [0.1, 0.15) is 5.84 Å². The van der Waals surface area contributed by atoms with Crippen LogP contribution in [-0.2, 0) is 0 Å². The molecule has 0 bridgehead atoms. The third-order valence-electron chi connectivity index (χ3n) is 3.78. The molecule has 0 radical (unpaired) electrons. The molecule has 130 valence electrons. The number of carbonyl (C=O) groups excluding carboxylic acids is 1. The first-order valence-corrected chi connectivity index (χ1v) is 7.81. The van der Waals surface area contributed by atoms with Gasteiger partial charge < -0.3 is 22.5 Å². The highest BCUT2D eigenvalue weighted by Gasteiger charge is 2.08. The average molecular weight is 346 g/mol. The second-order valence-electron chi connectivity index (χ2n) is 5.73. The van der Waals surface area contributed by atoms with Crippen molar-refractivity contribution in [3.05, 3.63) is 71.8 Å². The Balaban J connectivity index is 1.84. The Morgan fingerprint density at radius 3 is 2.35 bits per heavy atom. The summed E-state index contributed by atoms with van der Waals surface area (Å²) in [5.41, 5.74) is 18.5. The third kappa shape index (κ3) is 3.78. The maximum absolute atomic E-state index is 12.5. The molecule has 8 N–H and O–H groups in total. The summed E-state index contributed by atoms with van der Waals surface area (Å²) in [6.07, 6.45) is 0. The van der Waals surface area contributed by atoms with Crippen LogP contribution in [0.5, 0.6) is 0 Å². The Morgan fingerprint density at radius 1 is 0.885 bits per heavy atom. The minimum Gasteiger partial charge on any atom is -0.384 e. The average Bonchev–Trinajstić information content (AvgIpc) is 2.60. The number of nitrogen functional groups attached to an aromatic ring is 1. The number of aliphatic imine (C=N–C) groups is 1. The van der Waals surface area contributed by atoms with Crippen LogP contribution in [0.15, 0.2) is 65.7 Å². The van der Waals surface area contributed by atoms with Gasteiger partial charge in [-0.2, -0.15) is 0 Å². The molecule has 0 heterocycles. The zero-order valence-electron chi connectivity index (χ0n) is 13.9. The maximum Gasteiger partial charge on any atom is 0.255 e. The molecule has 0 spiro atoms. The molecule has 0 atom stereocenters. The van der Waals surface area contributed by atoms with E-state index in [0.717, 1.165) is 10.8 Å². The zero-order chi connectivity index (χ0) is 18.7. The van der Waals surface area contributed by atoms with Crippen molar-refractivity contribution in [1.29, 1.82) is 5.41 Å². The minimum absolute atomic E-state index is 0.0185.